The number of piperidine rings is 1. The number of likely N-dealkylation sites (tertiary alicyclic amines) is 1. The lowest BCUT2D eigenvalue weighted by molar-refractivity contribution is -0.168. The molecule has 3 saturated heterocycles. The number of fused-ring (bicyclic) bond motifs is 3. The second-order valence-corrected chi connectivity index (χ2v) is 14.7. The van der Waals surface area contributed by atoms with Crippen molar-refractivity contribution < 1.29 is 28.2 Å². The van der Waals surface area contributed by atoms with Crippen molar-refractivity contribution in [3.63, 3.8) is 0 Å². The number of rotatable bonds is 6. The standard InChI is InChI=1S/C34H40NO6P/c1-23(24-13-7-4-8-14-24)35-28-20-19-25(21-28)30(35)32(36)42(37)38-22-29-31(40-33(2,3)39-29)34(41-42,26-15-9-5-10-16-26)27-17-11-6-12-18-27/h4-18,23,25,28-32,36H,19-22H2,1-3H3/t23-,25+,28+,29-,30?,31+,32?,42?/m0/s1. The molecule has 1 N–H and O–H groups in total. The Kier molecular flexibility index (Phi) is 7.22. The molecule has 8 atom stereocenters. The van der Waals surface area contributed by atoms with Crippen molar-refractivity contribution in [3.8, 4) is 0 Å². The summed E-state index contributed by atoms with van der Waals surface area (Å²) < 4.78 is 41.4. The minimum Gasteiger partial charge on any atom is -0.379 e. The lowest BCUT2D eigenvalue weighted by atomic mass is 9.79. The van der Waals surface area contributed by atoms with Crippen molar-refractivity contribution >= 4 is 7.60 Å². The first-order valence-electron chi connectivity index (χ1n) is 15.1. The van der Waals surface area contributed by atoms with Crippen LogP contribution in [0.1, 0.15) is 62.8 Å². The van der Waals surface area contributed by atoms with Crippen molar-refractivity contribution in [2.24, 2.45) is 5.92 Å². The number of benzene rings is 3. The molecule has 0 spiro atoms. The lowest BCUT2D eigenvalue weighted by Gasteiger charge is -2.45. The van der Waals surface area contributed by atoms with Crippen LogP contribution in [0, 0.1) is 5.92 Å². The Hall–Kier alpha value is -2.35. The van der Waals surface area contributed by atoms with Gasteiger partial charge in [0.2, 0.25) is 0 Å². The summed E-state index contributed by atoms with van der Waals surface area (Å²) in [6.07, 6.45) is 1.78. The summed E-state index contributed by atoms with van der Waals surface area (Å²) in [4.78, 5) is 2.37. The summed E-state index contributed by atoms with van der Waals surface area (Å²) in [5, 5.41) is 12.3. The van der Waals surface area contributed by atoms with Crippen LogP contribution in [0.3, 0.4) is 0 Å². The molecule has 1 aliphatic carbocycles. The first-order valence-corrected chi connectivity index (χ1v) is 16.8. The summed E-state index contributed by atoms with van der Waals surface area (Å²) >= 11 is 0. The van der Waals surface area contributed by atoms with E-state index in [1.165, 1.54) is 5.56 Å². The van der Waals surface area contributed by atoms with Crippen LogP contribution in [0.4, 0.5) is 0 Å². The molecule has 1 saturated carbocycles. The van der Waals surface area contributed by atoms with E-state index >= 15 is 4.57 Å². The predicted octanol–water partition coefficient (Wildman–Crippen LogP) is 6.62. The number of nitrogens with zero attached hydrogens (tertiary/aromatic N) is 1. The molecule has 3 unspecified atom stereocenters. The zero-order chi connectivity index (χ0) is 29.1. The quantitative estimate of drug-likeness (QED) is 0.324. The van der Waals surface area contributed by atoms with E-state index < -0.39 is 37.0 Å². The average molecular weight is 590 g/mol. The van der Waals surface area contributed by atoms with Crippen molar-refractivity contribution in [2.75, 3.05) is 6.61 Å². The van der Waals surface area contributed by atoms with E-state index in [9.17, 15) is 5.11 Å². The van der Waals surface area contributed by atoms with Crippen LogP contribution >= 0.6 is 7.60 Å². The predicted molar refractivity (Wildman–Crippen MR) is 160 cm³/mol. The van der Waals surface area contributed by atoms with Gasteiger partial charge < -0.3 is 19.1 Å². The van der Waals surface area contributed by atoms with Crippen molar-refractivity contribution in [1.82, 2.24) is 4.90 Å². The first kappa shape index (κ1) is 28.4. The molecule has 0 radical (unpaired) electrons. The molecular weight excluding hydrogens is 549 g/mol. The summed E-state index contributed by atoms with van der Waals surface area (Å²) in [5.74, 6) is -2.05. The maximum atomic E-state index is 15.2. The Balaban J connectivity index is 1.34. The SMILES string of the molecule is C[C@@H](c1ccccc1)N1C(C(O)P2(=O)OC[C@@H]3OC(C)(C)O[C@H]3C(c3ccccc3)(c3ccccc3)O2)[C@@H]2CC[C@@H]1C2. The molecule has 3 aromatic carbocycles. The molecule has 3 aliphatic heterocycles. The van der Waals surface area contributed by atoms with Gasteiger partial charge in [0.25, 0.3) is 0 Å². The molecule has 222 valence electrons. The largest absolute Gasteiger partial charge is 0.379 e. The van der Waals surface area contributed by atoms with E-state index in [4.69, 9.17) is 18.5 Å². The van der Waals surface area contributed by atoms with Gasteiger partial charge >= 0.3 is 7.60 Å². The molecule has 7 rings (SSSR count). The Labute approximate surface area is 248 Å². The lowest BCUT2D eigenvalue weighted by Crippen LogP contribution is -2.50. The molecule has 8 heteroatoms. The summed E-state index contributed by atoms with van der Waals surface area (Å²) in [6, 6.07) is 29.8. The molecule has 0 aromatic heterocycles. The van der Waals surface area contributed by atoms with Gasteiger partial charge in [-0.3, -0.25) is 14.0 Å². The van der Waals surface area contributed by atoms with E-state index in [1.54, 1.807) is 0 Å². The molecule has 3 heterocycles. The third kappa shape index (κ3) is 4.62. The first-order chi connectivity index (χ1) is 20.2. The average Bonchev–Trinajstić information content (AvgIpc) is 3.70. The van der Waals surface area contributed by atoms with Crippen LogP contribution in [0.5, 0.6) is 0 Å². The van der Waals surface area contributed by atoms with Gasteiger partial charge in [0.15, 0.2) is 17.2 Å². The molecule has 3 aromatic rings. The highest BCUT2D eigenvalue weighted by Crippen LogP contribution is 2.66. The highest BCUT2D eigenvalue weighted by atomic mass is 31.2. The van der Waals surface area contributed by atoms with E-state index in [0.29, 0.717) is 6.04 Å². The molecule has 7 nitrogen and oxygen atoms in total. The molecule has 0 amide bonds. The molecule has 4 fully saturated rings. The van der Waals surface area contributed by atoms with Gasteiger partial charge in [-0.1, -0.05) is 91.0 Å². The summed E-state index contributed by atoms with van der Waals surface area (Å²) in [6.45, 7) is 5.90. The zero-order valence-corrected chi connectivity index (χ0v) is 25.3. The van der Waals surface area contributed by atoms with Gasteiger partial charge in [-0.05, 0) is 62.6 Å². The van der Waals surface area contributed by atoms with E-state index in [0.717, 1.165) is 30.4 Å². The number of aliphatic hydroxyl groups is 1. The smallest absolute Gasteiger partial charge is 0.361 e. The van der Waals surface area contributed by atoms with Gasteiger partial charge in [-0.25, -0.2) is 0 Å². The fraction of sp³-hybridized carbons (Fsp3) is 0.471. The van der Waals surface area contributed by atoms with Crippen molar-refractivity contribution in [2.45, 2.75) is 87.6 Å². The van der Waals surface area contributed by atoms with Crippen LogP contribution in [0.25, 0.3) is 0 Å². The molecule has 4 aliphatic rings. The Bertz CT molecular complexity index is 1400. The number of ether oxygens (including phenoxy) is 2. The van der Waals surface area contributed by atoms with Crippen LogP contribution in [0.2, 0.25) is 0 Å². The van der Waals surface area contributed by atoms with Gasteiger partial charge in [-0.2, -0.15) is 0 Å². The Morgan fingerprint density at radius 3 is 2.10 bits per heavy atom. The summed E-state index contributed by atoms with van der Waals surface area (Å²) in [7, 11) is -4.19. The highest BCUT2D eigenvalue weighted by molar-refractivity contribution is 7.54. The maximum Gasteiger partial charge on any atom is 0.361 e. The summed E-state index contributed by atoms with van der Waals surface area (Å²) in [5.41, 5.74) is 1.37. The Morgan fingerprint density at radius 1 is 0.881 bits per heavy atom. The molecular formula is C34H40NO6P. The van der Waals surface area contributed by atoms with Gasteiger partial charge in [-0.15, -0.1) is 0 Å². The monoisotopic (exact) mass is 589 g/mol. The second-order valence-electron chi connectivity index (χ2n) is 12.7. The minimum absolute atomic E-state index is 0.0150. The van der Waals surface area contributed by atoms with Gasteiger partial charge in [0.1, 0.15) is 12.2 Å². The third-order valence-electron chi connectivity index (χ3n) is 9.73. The van der Waals surface area contributed by atoms with Crippen molar-refractivity contribution in [1.29, 1.82) is 0 Å². The van der Waals surface area contributed by atoms with Crippen LogP contribution < -0.4 is 0 Å². The van der Waals surface area contributed by atoms with Gasteiger partial charge in [0, 0.05) is 12.1 Å². The minimum atomic E-state index is -4.19. The number of aliphatic hydroxyl groups excluding tert-OH is 1. The van der Waals surface area contributed by atoms with E-state index in [1.807, 2.05) is 92.7 Å². The van der Waals surface area contributed by atoms with E-state index in [2.05, 4.69) is 24.0 Å². The topological polar surface area (TPSA) is 77.5 Å². The maximum absolute atomic E-state index is 15.2. The fourth-order valence-electron chi connectivity index (χ4n) is 7.98. The van der Waals surface area contributed by atoms with Crippen LogP contribution in [-0.2, 0) is 28.7 Å². The van der Waals surface area contributed by atoms with Crippen molar-refractivity contribution in [3.05, 3.63) is 108 Å². The fourth-order valence-corrected chi connectivity index (χ4v) is 10.1. The third-order valence-corrected chi connectivity index (χ3v) is 11.7. The Morgan fingerprint density at radius 2 is 1.48 bits per heavy atom. The normalized spacial score (nSPS) is 34.9. The van der Waals surface area contributed by atoms with Gasteiger partial charge in [0.05, 0.1) is 12.6 Å². The second kappa shape index (κ2) is 10.7. The zero-order valence-electron chi connectivity index (χ0n) is 24.4. The van der Waals surface area contributed by atoms with Crippen LogP contribution in [0.15, 0.2) is 91.0 Å². The highest BCUT2D eigenvalue weighted by Gasteiger charge is 2.64. The number of hydrogen-bond acceptors (Lipinski definition) is 7. The molecule has 2 bridgehead atoms. The molecule has 42 heavy (non-hydrogen) atoms. The van der Waals surface area contributed by atoms with Crippen LogP contribution in [-0.4, -0.2) is 52.5 Å². The number of hydrogen-bond donors (Lipinski definition) is 1. The van der Waals surface area contributed by atoms with E-state index in [-0.39, 0.29) is 24.6 Å².